The molecule has 1 atom stereocenters. The van der Waals surface area contributed by atoms with Crippen LogP contribution in [0.2, 0.25) is 0 Å². The third-order valence-corrected chi connectivity index (χ3v) is 5.83. The molecule has 4 rings (SSSR count). The van der Waals surface area contributed by atoms with E-state index >= 15 is 0 Å². The molecule has 1 aliphatic carbocycles. The van der Waals surface area contributed by atoms with Crippen LogP contribution in [0.1, 0.15) is 48.1 Å². The summed E-state index contributed by atoms with van der Waals surface area (Å²) < 4.78 is 1.89. The monoisotopic (exact) mass is 330 g/mol. The molecule has 0 bridgehead atoms. The van der Waals surface area contributed by atoms with E-state index in [-0.39, 0.29) is 22.8 Å². The Bertz CT molecular complexity index is 777. The lowest BCUT2D eigenvalue weighted by Gasteiger charge is -2.16. The van der Waals surface area contributed by atoms with Crippen LogP contribution in [0.3, 0.4) is 0 Å². The highest BCUT2D eigenvalue weighted by atomic mass is 32.2. The molecule has 0 saturated heterocycles. The van der Waals surface area contributed by atoms with Crippen molar-refractivity contribution in [3.8, 4) is 0 Å². The quantitative estimate of drug-likeness (QED) is 0.886. The van der Waals surface area contributed by atoms with Crippen LogP contribution in [0, 0.1) is 0 Å². The van der Waals surface area contributed by atoms with E-state index in [1.165, 1.54) is 11.8 Å². The molecule has 0 radical (unpaired) electrons. The van der Waals surface area contributed by atoms with Crippen LogP contribution in [-0.4, -0.2) is 26.4 Å². The largest absolute Gasteiger partial charge is 0.310 e. The number of carbonyl (C=O) groups is 1. The lowest BCUT2D eigenvalue weighted by atomic mass is 10.1. The van der Waals surface area contributed by atoms with Crippen LogP contribution in [0.15, 0.2) is 29.3 Å². The summed E-state index contributed by atoms with van der Waals surface area (Å²) in [5.41, 5.74) is 1.54. The Labute approximate surface area is 137 Å². The molecule has 6 nitrogen and oxygen atoms in total. The Balaban J connectivity index is 1.85. The van der Waals surface area contributed by atoms with Gasteiger partial charge in [-0.2, -0.15) is 0 Å². The van der Waals surface area contributed by atoms with Crippen molar-refractivity contribution < 1.29 is 4.79 Å². The molecule has 3 heterocycles. The molecule has 1 amide bonds. The van der Waals surface area contributed by atoms with Gasteiger partial charge in [0.2, 0.25) is 5.91 Å². The van der Waals surface area contributed by atoms with Gasteiger partial charge in [0.15, 0.2) is 0 Å². The summed E-state index contributed by atoms with van der Waals surface area (Å²) in [6.45, 7) is 0. The van der Waals surface area contributed by atoms with E-state index in [2.05, 4.69) is 15.4 Å². The second kappa shape index (κ2) is 5.88. The Morgan fingerprint density at radius 1 is 1.17 bits per heavy atom. The zero-order valence-electron chi connectivity index (χ0n) is 12.6. The SMILES string of the molecule is O=C1CS[C@@H](c2ccncc2)c2c(n(C3CCCC3)[nH]c2=O)N1. The second-order valence-corrected chi connectivity index (χ2v) is 7.12. The average molecular weight is 330 g/mol. The Kier molecular flexibility index (Phi) is 3.72. The normalized spacial score (nSPS) is 21.7. The molecule has 120 valence electrons. The Morgan fingerprint density at radius 2 is 1.91 bits per heavy atom. The van der Waals surface area contributed by atoms with Gasteiger partial charge in [-0.15, -0.1) is 11.8 Å². The van der Waals surface area contributed by atoms with Crippen LogP contribution in [0.4, 0.5) is 5.82 Å². The number of thioether (sulfide) groups is 1. The fraction of sp³-hybridized carbons (Fsp3) is 0.438. The van der Waals surface area contributed by atoms with Gasteiger partial charge in [-0.05, 0) is 30.5 Å². The molecule has 2 aliphatic rings. The van der Waals surface area contributed by atoms with Crippen LogP contribution >= 0.6 is 11.8 Å². The predicted molar refractivity (Wildman–Crippen MR) is 89.7 cm³/mol. The van der Waals surface area contributed by atoms with E-state index in [1.54, 1.807) is 12.4 Å². The summed E-state index contributed by atoms with van der Waals surface area (Å²) in [6, 6.07) is 4.08. The molecule has 0 unspecified atom stereocenters. The van der Waals surface area contributed by atoms with Gasteiger partial charge in [0.1, 0.15) is 5.82 Å². The number of aromatic amines is 1. The third kappa shape index (κ3) is 2.59. The predicted octanol–water partition coefficient (Wildman–Crippen LogP) is 2.46. The number of aromatic nitrogens is 3. The van der Waals surface area contributed by atoms with Gasteiger partial charge in [0.05, 0.1) is 22.6 Å². The number of pyridine rings is 1. The van der Waals surface area contributed by atoms with Gasteiger partial charge in [-0.25, -0.2) is 0 Å². The second-order valence-electron chi connectivity index (χ2n) is 6.03. The lowest BCUT2D eigenvalue weighted by Crippen LogP contribution is -2.18. The maximum Gasteiger partial charge on any atom is 0.270 e. The molecule has 1 fully saturated rings. The van der Waals surface area contributed by atoms with Crippen molar-refractivity contribution in [2.24, 2.45) is 0 Å². The molecule has 7 heteroatoms. The molecule has 0 spiro atoms. The maximum atomic E-state index is 12.6. The summed E-state index contributed by atoms with van der Waals surface area (Å²) in [7, 11) is 0. The zero-order chi connectivity index (χ0) is 15.8. The Morgan fingerprint density at radius 3 is 2.65 bits per heavy atom. The van der Waals surface area contributed by atoms with Crippen molar-refractivity contribution >= 4 is 23.5 Å². The lowest BCUT2D eigenvalue weighted by molar-refractivity contribution is -0.113. The number of fused-ring (bicyclic) bond motifs is 1. The molecular weight excluding hydrogens is 312 g/mol. The van der Waals surface area contributed by atoms with E-state index in [9.17, 15) is 9.59 Å². The standard InChI is InChI=1S/C16H18N4O2S/c21-12-9-23-14(10-5-7-17-8-6-10)13-15(18-12)20(19-16(13)22)11-3-1-2-4-11/h5-8,11,14H,1-4,9H2,(H,18,21)(H,19,22)/t14-/m0/s1. The molecule has 1 aliphatic heterocycles. The number of nitrogens with zero attached hydrogens (tertiary/aromatic N) is 2. The topological polar surface area (TPSA) is 79.8 Å². The highest BCUT2D eigenvalue weighted by molar-refractivity contribution is 8.00. The number of hydrogen-bond acceptors (Lipinski definition) is 4. The first-order valence-electron chi connectivity index (χ1n) is 7.90. The molecule has 2 aromatic rings. The first-order chi connectivity index (χ1) is 11.2. The van der Waals surface area contributed by atoms with E-state index in [0.29, 0.717) is 17.1 Å². The minimum absolute atomic E-state index is 0.0569. The summed E-state index contributed by atoms with van der Waals surface area (Å²) in [6.07, 6.45) is 7.85. The summed E-state index contributed by atoms with van der Waals surface area (Å²) in [5, 5.41) is 5.75. The number of nitrogens with one attached hydrogen (secondary N) is 2. The molecular formula is C16H18N4O2S. The molecule has 0 aromatic carbocycles. The van der Waals surface area contributed by atoms with Gasteiger partial charge >= 0.3 is 0 Å². The number of carbonyl (C=O) groups excluding carboxylic acids is 1. The fourth-order valence-electron chi connectivity index (χ4n) is 3.48. The van der Waals surface area contributed by atoms with E-state index in [0.717, 1.165) is 31.2 Å². The van der Waals surface area contributed by atoms with Crippen molar-refractivity contribution in [3.63, 3.8) is 0 Å². The van der Waals surface area contributed by atoms with Crippen molar-refractivity contribution in [1.82, 2.24) is 14.8 Å². The van der Waals surface area contributed by atoms with Gasteiger partial charge in [-0.1, -0.05) is 12.8 Å². The molecule has 2 aromatic heterocycles. The summed E-state index contributed by atoms with van der Waals surface area (Å²) in [5.74, 6) is 0.934. The van der Waals surface area contributed by atoms with Gasteiger partial charge in [0, 0.05) is 12.4 Å². The third-order valence-electron chi connectivity index (χ3n) is 4.56. The smallest absolute Gasteiger partial charge is 0.270 e. The minimum Gasteiger partial charge on any atom is -0.310 e. The number of hydrogen-bond donors (Lipinski definition) is 2. The van der Waals surface area contributed by atoms with Crippen molar-refractivity contribution in [2.45, 2.75) is 37.0 Å². The highest BCUT2D eigenvalue weighted by Gasteiger charge is 2.32. The van der Waals surface area contributed by atoms with Gasteiger partial charge < -0.3 is 5.32 Å². The van der Waals surface area contributed by atoms with Gasteiger partial charge in [-0.3, -0.25) is 24.4 Å². The first-order valence-corrected chi connectivity index (χ1v) is 8.94. The van der Waals surface area contributed by atoms with Crippen LogP contribution in [0.25, 0.3) is 0 Å². The van der Waals surface area contributed by atoms with Crippen molar-refractivity contribution in [3.05, 3.63) is 46.0 Å². The Hall–Kier alpha value is -2.02. The van der Waals surface area contributed by atoms with Crippen LogP contribution < -0.4 is 10.9 Å². The number of anilines is 1. The number of rotatable bonds is 2. The molecule has 1 saturated carbocycles. The number of amides is 1. The summed E-state index contributed by atoms with van der Waals surface area (Å²) >= 11 is 1.48. The van der Waals surface area contributed by atoms with E-state index in [4.69, 9.17) is 0 Å². The fourth-order valence-corrected chi connectivity index (χ4v) is 4.61. The number of H-pyrrole nitrogens is 1. The molecule has 23 heavy (non-hydrogen) atoms. The minimum atomic E-state index is -0.154. The van der Waals surface area contributed by atoms with E-state index < -0.39 is 0 Å². The van der Waals surface area contributed by atoms with Crippen molar-refractivity contribution in [2.75, 3.05) is 11.1 Å². The average Bonchev–Trinajstić information content (AvgIpc) is 3.14. The maximum absolute atomic E-state index is 12.6. The van der Waals surface area contributed by atoms with E-state index in [1.807, 2.05) is 16.8 Å². The first kappa shape index (κ1) is 14.6. The molecule has 2 N–H and O–H groups in total. The zero-order valence-corrected chi connectivity index (χ0v) is 13.4. The van der Waals surface area contributed by atoms with Crippen LogP contribution in [-0.2, 0) is 4.79 Å². The highest BCUT2D eigenvalue weighted by Crippen LogP contribution is 2.41. The van der Waals surface area contributed by atoms with Gasteiger partial charge in [0.25, 0.3) is 5.56 Å². The van der Waals surface area contributed by atoms with Crippen LogP contribution in [0.5, 0.6) is 0 Å². The summed E-state index contributed by atoms with van der Waals surface area (Å²) in [4.78, 5) is 28.8. The van der Waals surface area contributed by atoms with Crippen molar-refractivity contribution in [1.29, 1.82) is 0 Å².